The summed E-state index contributed by atoms with van der Waals surface area (Å²) in [7, 11) is 1.46. The molecule has 2 rings (SSSR count). The van der Waals surface area contributed by atoms with E-state index in [1.54, 1.807) is 33.0 Å². The first-order valence-electron chi connectivity index (χ1n) is 8.79. The number of hydrogen-bond acceptors (Lipinski definition) is 5. The molecular weight excluding hydrogens is 350 g/mol. The third-order valence-corrected chi connectivity index (χ3v) is 4.20. The molecule has 148 valence electrons. The zero-order chi connectivity index (χ0) is 20.6. The molecular formula is C19H28N3O5+. The summed E-state index contributed by atoms with van der Waals surface area (Å²) in [6.07, 6.45) is 2.45. The Morgan fingerprint density at radius 3 is 2.26 bits per heavy atom. The second-order valence-corrected chi connectivity index (χ2v) is 8.60. The third kappa shape index (κ3) is 4.75. The van der Waals surface area contributed by atoms with Crippen molar-refractivity contribution in [3.63, 3.8) is 0 Å². The monoisotopic (exact) mass is 378 g/mol. The molecule has 27 heavy (non-hydrogen) atoms. The van der Waals surface area contributed by atoms with Crippen molar-refractivity contribution in [1.29, 1.82) is 0 Å². The Labute approximate surface area is 159 Å². The molecule has 1 atom stereocenters. The summed E-state index contributed by atoms with van der Waals surface area (Å²) >= 11 is 0. The lowest BCUT2D eigenvalue weighted by Crippen LogP contribution is -2.52. The highest BCUT2D eigenvalue weighted by Crippen LogP contribution is 2.26. The molecule has 0 saturated heterocycles. The second kappa shape index (κ2) is 7.17. The first kappa shape index (κ1) is 20.7. The molecule has 0 unspecified atom stereocenters. The first-order valence-corrected chi connectivity index (χ1v) is 8.79. The van der Waals surface area contributed by atoms with Gasteiger partial charge < -0.3 is 10.1 Å². The van der Waals surface area contributed by atoms with Crippen LogP contribution < -0.4 is 14.9 Å². The number of amides is 3. The van der Waals surface area contributed by atoms with E-state index in [0.29, 0.717) is 5.56 Å². The summed E-state index contributed by atoms with van der Waals surface area (Å²) in [5, 5.41) is 2.79. The lowest BCUT2D eigenvalue weighted by molar-refractivity contribution is -0.885. The third-order valence-electron chi connectivity index (χ3n) is 4.20. The number of imide groups is 1. The number of nitrogens with zero attached hydrogens (tertiary/aromatic N) is 2. The van der Waals surface area contributed by atoms with Gasteiger partial charge in [-0.25, -0.2) is 4.79 Å². The second-order valence-electron chi connectivity index (χ2n) is 8.60. The average Bonchev–Trinajstić information content (AvgIpc) is 2.76. The van der Waals surface area contributed by atoms with E-state index in [2.05, 4.69) is 5.32 Å². The number of carbonyl (C=O) groups is 3. The maximum absolute atomic E-state index is 12.7. The van der Waals surface area contributed by atoms with Gasteiger partial charge in [0, 0.05) is 10.8 Å². The van der Waals surface area contributed by atoms with Crippen molar-refractivity contribution in [1.82, 2.24) is 10.2 Å². The van der Waals surface area contributed by atoms with Crippen LogP contribution in [-0.4, -0.2) is 48.1 Å². The van der Waals surface area contributed by atoms with E-state index < -0.39 is 35.0 Å². The zero-order valence-electron chi connectivity index (χ0n) is 17.0. The van der Waals surface area contributed by atoms with Gasteiger partial charge in [-0.1, -0.05) is 20.8 Å². The van der Waals surface area contributed by atoms with Crippen LogP contribution in [0.3, 0.4) is 0 Å². The molecule has 8 nitrogen and oxygen atoms in total. The van der Waals surface area contributed by atoms with Gasteiger partial charge in [0.1, 0.15) is 18.3 Å². The fraction of sp³-hybridized carbons (Fsp3) is 0.579. The molecule has 0 aromatic carbocycles. The average molecular weight is 378 g/mol. The fourth-order valence-electron chi connectivity index (χ4n) is 2.67. The van der Waals surface area contributed by atoms with Gasteiger partial charge in [-0.15, -0.1) is 0 Å². The lowest BCUT2D eigenvalue weighted by Gasteiger charge is -2.34. The minimum Gasteiger partial charge on any atom is -0.444 e. The predicted octanol–water partition coefficient (Wildman–Crippen LogP) is 1.57. The Bertz CT molecular complexity index is 762. The van der Waals surface area contributed by atoms with Gasteiger partial charge in [-0.3, -0.25) is 19.3 Å². The molecule has 0 saturated carbocycles. The number of hydrogen-bond donors (Lipinski definition) is 1. The molecule has 0 fully saturated rings. The Kier molecular flexibility index (Phi) is 5.49. The highest BCUT2D eigenvalue weighted by Gasteiger charge is 2.41. The van der Waals surface area contributed by atoms with Gasteiger partial charge >= 0.3 is 6.09 Å². The van der Waals surface area contributed by atoms with Crippen LogP contribution in [0.25, 0.3) is 0 Å². The van der Waals surface area contributed by atoms with Crippen LogP contribution in [0.1, 0.15) is 62.3 Å². The quantitative estimate of drug-likeness (QED) is 0.635. The van der Waals surface area contributed by atoms with Crippen LogP contribution in [0.4, 0.5) is 4.79 Å². The number of nitrogens with one attached hydrogen (secondary N) is 1. The molecule has 0 bridgehead atoms. The molecule has 1 N–H and O–H groups in total. The smallest absolute Gasteiger partial charge is 0.407 e. The molecule has 0 aliphatic carbocycles. The van der Waals surface area contributed by atoms with Gasteiger partial charge in [0.25, 0.3) is 11.8 Å². The summed E-state index contributed by atoms with van der Waals surface area (Å²) in [5.41, 5.74) is -0.457. The number of aromatic nitrogens is 1. The number of ether oxygens (including phenoxy) is 1. The van der Waals surface area contributed by atoms with Gasteiger partial charge in [-0.05, 0) is 26.2 Å². The van der Waals surface area contributed by atoms with Crippen LogP contribution in [0.5, 0.6) is 0 Å². The van der Waals surface area contributed by atoms with E-state index in [-0.39, 0.29) is 12.1 Å². The van der Waals surface area contributed by atoms with Crippen molar-refractivity contribution in [3.05, 3.63) is 29.6 Å². The molecule has 2 heterocycles. The Balaban J connectivity index is 2.22. The number of rotatable bonds is 4. The number of carbonyl (C=O) groups excluding carboxylic acids is 3. The van der Waals surface area contributed by atoms with E-state index in [1.165, 1.54) is 18.0 Å². The molecule has 0 spiro atoms. The van der Waals surface area contributed by atoms with Crippen LogP contribution in [0.15, 0.2) is 18.5 Å². The number of pyridine rings is 1. The zero-order valence-corrected chi connectivity index (χ0v) is 17.0. The highest BCUT2D eigenvalue weighted by atomic mass is 16.6. The van der Waals surface area contributed by atoms with Crippen LogP contribution in [0, 0.1) is 5.41 Å². The van der Waals surface area contributed by atoms with Crippen molar-refractivity contribution >= 4 is 17.9 Å². The molecule has 3 amide bonds. The maximum atomic E-state index is 12.7. The predicted molar refractivity (Wildman–Crippen MR) is 97.1 cm³/mol. The molecule has 1 aliphatic heterocycles. The van der Waals surface area contributed by atoms with Gasteiger partial charge in [0.05, 0.1) is 18.2 Å². The number of fused-ring (bicyclic) bond motifs is 1. The molecule has 1 aliphatic rings. The van der Waals surface area contributed by atoms with Crippen molar-refractivity contribution in [2.75, 3.05) is 13.7 Å². The summed E-state index contributed by atoms with van der Waals surface area (Å²) in [5.74, 6) is -0.805. The van der Waals surface area contributed by atoms with Crippen LogP contribution in [0.2, 0.25) is 0 Å². The lowest BCUT2D eigenvalue weighted by atomic mass is 9.86. The molecule has 1 aromatic heterocycles. The normalized spacial score (nSPS) is 15.4. The van der Waals surface area contributed by atoms with Crippen LogP contribution >= 0.6 is 0 Å². The van der Waals surface area contributed by atoms with Gasteiger partial charge in [0.2, 0.25) is 12.4 Å². The van der Waals surface area contributed by atoms with E-state index in [9.17, 15) is 14.4 Å². The highest BCUT2D eigenvalue weighted by molar-refractivity contribution is 6.21. The Morgan fingerprint density at radius 1 is 1.15 bits per heavy atom. The summed E-state index contributed by atoms with van der Waals surface area (Å²) in [6.45, 7) is 11.1. The fourth-order valence-corrected chi connectivity index (χ4v) is 2.67. The van der Waals surface area contributed by atoms with Crippen molar-refractivity contribution in [2.24, 2.45) is 5.41 Å². The van der Waals surface area contributed by atoms with Gasteiger partial charge in [-0.2, -0.15) is 0 Å². The van der Waals surface area contributed by atoms with Crippen molar-refractivity contribution in [3.8, 4) is 0 Å². The van der Waals surface area contributed by atoms with Crippen molar-refractivity contribution < 1.29 is 28.7 Å². The first-order chi connectivity index (χ1) is 12.3. The Morgan fingerprint density at radius 2 is 1.74 bits per heavy atom. The maximum Gasteiger partial charge on any atom is 0.407 e. The van der Waals surface area contributed by atoms with E-state index in [1.807, 2.05) is 20.8 Å². The summed E-state index contributed by atoms with van der Waals surface area (Å²) in [4.78, 5) is 43.9. The summed E-state index contributed by atoms with van der Waals surface area (Å²) < 4.78 is 6.67. The summed E-state index contributed by atoms with van der Waals surface area (Å²) in [6, 6.07) is 1.07. The standard InChI is InChI=1S/C19H27N3O5/c1-18(2,3)14(20-17(25)27-19(4,5)6)11-22-15(23)12-8-9-21(26-7)10-13(12)16(22)24/h8-10,14H,11H2,1-7H3/p+1/t14-/m1/s1. The van der Waals surface area contributed by atoms with E-state index >= 15 is 0 Å². The minimum absolute atomic E-state index is 0.0437. The minimum atomic E-state index is -0.643. The van der Waals surface area contributed by atoms with E-state index in [4.69, 9.17) is 9.57 Å². The molecule has 0 radical (unpaired) electrons. The molecule has 1 aromatic rings. The largest absolute Gasteiger partial charge is 0.444 e. The SMILES string of the molecule is CO[n+]1ccc2c(c1)C(=O)N(C[C@@H](NC(=O)OC(C)(C)C)C(C)(C)C)C2=O. The van der Waals surface area contributed by atoms with E-state index in [0.717, 1.165) is 4.90 Å². The topological polar surface area (TPSA) is 88.8 Å². The molecule has 8 heteroatoms. The van der Waals surface area contributed by atoms with Crippen molar-refractivity contribution in [2.45, 2.75) is 53.2 Å². The van der Waals surface area contributed by atoms with Crippen LogP contribution in [-0.2, 0) is 4.74 Å². The van der Waals surface area contributed by atoms with Gasteiger partial charge in [0.15, 0.2) is 0 Å². The number of alkyl carbamates (subject to hydrolysis) is 1. The Hall–Kier alpha value is -2.64.